The molecule has 0 unspecified atom stereocenters. The van der Waals surface area contributed by atoms with Crippen LogP contribution in [-0.2, 0) is 9.53 Å². The van der Waals surface area contributed by atoms with E-state index < -0.39 is 0 Å². The summed E-state index contributed by atoms with van der Waals surface area (Å²) in [5.74, 6) is 0.0400. The number of fused-ring (bicyclic) bond motifs is 2. The number of thiazole rings is 1. The van der Waals surface area contributed by atoms with E-state index in [2.05, 4.69) is 22.2 Å². The Balaban J connectivity index is 1.25. The average molecular weight is 514 g/mol. The third-order valence-electron chi connectivity index (χ3n) is 7.19. The highest BCUT2D eigenvalue weighted by atomic mass is 32.1. The van der Waals surface area contributed by atoms with Gasteiger partial charge >= 0.3 is 0 Å². The fourth-order valence-corrected chi connectivity index (χ4v) is 5.54. The SMILES string of the molecule is CN1CCN(C(=O)C[C@H]2CC[C@@H]3[C@H](COc4ccc(NC(=O)c5cscn5)cc4C(=O)N3C)O2)CC1. The van der Waals surface area contributed by atoms with Crippen LogP contribution in [0.15, 0.2) is 29.1 Å². The van der Waals surface area contributed by atoms with Gasteiger partial charge in [0.1, 0.15) is 24.2 Å². The molecule has 36 heavy (non-hydrogen) atoms. The molecule has 2 saturated heterocycles. The van der Waals surface area contributed by atoms with Gasteiger partial charge in [0.2, 0.25) is 5.91 Å². The van der Waals surface area contributed by atoms with Crippen molar-refractivity contribution in [3.63, 3.8) is 0 Å². The third kappa shape index (κ3) is 5.23. The molecule has 0 radical (unpaired) electrons. The van der Waals surface area contributed by atoms with Crippen LogP contribution < -0.4 is 10.1 Å². The van der Waals surface area contributed by atoms with Gasteiger partial charge in [0.15, 0.2) is 0 Å². The normalized spacial score (nSPS) is 24.7. The fraction of sp³-hybridized carbons (Fsp3) is 0.520. The van der Waals surface area contributed by atoms with E-state index in [1.165, 1.54) is 11.3 Å². The maximum absolute atomic E-state index is 13.4. The highest BCUT2D eigenvalue weighted by molar-refractivity contribution is 7.07. The molecule has 0 spiro atoms. The zero-order chi connectivity index (χ0) is 25.2. The monoisotopic (exact) mass is 513 g/mol. The molecule has 5 rings (SSSR count). The molecule has 1 N–H and O–H groups in total. The molecule has 1 aromatic heterocycles. The van der Waals surface area contributed by atoms with Gasteiger partial charge < -0.3 is 29.5 Å². The van der Waals surface area contributed by atoms with Crippen LogP contribution >= 0.6 is 11.3 Å². The van der Waals surface area contributed by atoms with Crippen LogP contribution in [-0.4, -0.2) is 103 Å². The van der Waals surface area contributed by atoms with Crippen molar-refractivity contribution in [1.29, 1.82) is 0 Å². The number of amides is 3. The molecule has 0 bridgehead atoms. The number of piperazine rings is 1. The minimum atomic E-state index is -0.332. The van der Waals surface area contributed by atoms with E-state index in [0.29, 0.717) is 35.5 Å². The Morgan fingerprint density at radius 1 is 1.17 bits per heavy atom. The van der Waals surface area contributed by atoms with Gasteiger partial charge in [0.05, 0.1) is 29.6 Å². The van der Waals surface area contributed by atoms with Crippen molar-refractivity contribution in [2.45, 2.75) is 37.5 Å². The standard InChI is InChI=1S/C25H31N5O5S/c1-28-7-9-30(10-8-28)23(31)12-17-4-5-20-22(35-17)13-34-21-6-3-16(11-18(21)25(33)29(20)2)27-24(32)19-14-36-15-26-19/h3,6,11,14-15,17,20,22H,4-5,7-10,12-13H2,1-2H3,(H,27,32)/t17-,20-,22+/m1/s1. The highest BCUT2D eigenvalue weighted by Gasteiger charge is 2.39. The van der Waals surface area contributed by atoms with Gasteiger partial charge in [-0.25, -0.2) is 4.98 Å². The van der Waals surface area contributed by atoms with E-state index in [9.17, 15) is 14.4 Å². The smallest absolute Gasteiger partial charge is 0.275 e. The van der Waals surface area contributed by atoms with Crippen LogP contribution in [0.2, 0.25) is 0 Å². The molecule has 2 aromatic rings. The molecule has 2 fully saturated rings. The number of benzene rings is 1. The fourth-order valence-electron chi connectivity index (χ4n) is 5.00. The van der Waals surface area contributed by atoms with Crippen LogP contribution in [0.3, 0.4) is 0 Å². The first-order valence-corrected chi connectivity index (χ1v) is 13.2. The van der Waals surface area contributed by atoms with Crippen molar-refractivity contribution in [2.75, 3.05) is 52.2 Å². The summed E-state index contributed by atoms with van der Waals surface area (Å²) in [5, 5.41) is 4.46. The van der Waals surface area contributed by atoms with E-state index in [4.69, 9.17) is 9.47 Å². The zero-order valence-corrected chi connectivity index (χ0v) is 21.3. The number of nitrogens with one attached hydrogen (secondary N) is 1. The van der Waals surface area contributed by atoms with Gasteiger partial charge in [0.25, 0.3) is 11.8 Å². The number of hydrogen-bond acceptors (Lipinski definition) is 8. The molecule has 192 valence electrons. The molecule has 3 aliphatic rings. The van der Waals surface area contributed by atoms with Gasteiger partial charge in [-0.2, -0.15) is 0 Å². The number of aromatic nitrogens is 1. The van der Waals surface area contributed by atoms with E-state index >= 15 is 0 Å². The number of ether oxygens (including phenoxy) is 2. The average Bonchev–Trinajstić information content (AvgIpc) is 3.42. The summed E-state index contributed by atoms with van der Waals surface area (Å²) in [5.41, 5.74) is 2.81. The number of carbonyl (C=O) groups excluding carboxylic acids is 3. The Kier molecular flexibility index (Phi) is 7.22. The Morgan fingerprint density at radius 2 is 1.97 bits per heavy atom. The lowest BCUT2D eigenvalue weighted by atomic mass is 9.94. The van der Waals surface area contributed by atoms with E-state index in [1.807, 2.05) is 4.90 Å². The molecule has 1 aromatic carbocycles. The third-order valence-corrected chi connectivity index (χ3v) is 7.78. The minimum Gasteiger partial charge on any atom is -0.490 e. The van der Waals surface area contributed by atoms with E-state index in [0.717, 1.165) is 32.6 Å². The summed E-state index contributed by atoms with van der Waals surface area (Å²) in [6.45, 7) is 3.55. The number of anilines is 1. The summed E-state index contributed by atoms with van der Waals surface area (Å²) in [7, 11) is 3.84. The predicted molar refractivity (Wildman–Crippen MR) is 134 cm³/mol. The molecule has 0 aliphatic carbocycles. The number of hydrogen-bond donors (Lipinski definition) is 1. The van der Waals surface area contributed by atoms with Crippen LogP contribution in [0, 0.1) is 0 Å². The maximum Gasteiger partial charge on any atom is 0.275 e. The first kappa shape index (κ1) is 24.7. The molecule has 3 atom stereocenters. The minimum absolute atomic E-state index is 0.125. The molecule has 3 aliphatic heterocycles. The number of rotatable bonds is 4. The first-order chi connectivity index (χ1) is 17.4. The number of likely N-dealkylation sites (N-methyl/N-ethyl adjacent to an activating group) is 2. The van der Waals surface area contributed by atoms with E-state index in [-0.39, 0.29) is 42.6 Å². The number of nitrogens with zero attached hydrogens (tertiary/aromatic N) is 4. The van der Waals surface area contributed by atoms with Crippen molar-refractivity contribution in [1.82, 2.24) is 19.7 Å². The van der Waals surface area contributed by atoms with Crippen molar-refractivity contribution in [2.24, 2.45) is 0 Å². The second-order valence-corrected chi connectivity index (χ2v) is 10.3. The Morgan fingerprint density at radius 3 is 2.72 bits per heavy atom. The maximum atomic E-state index is 13.4. The van der Waals surface area contributed by atoms with Gasteiger partial charge in [-0.1, -0.05) is 0 Å². The van der Waals surface area contributed by atoms with Crippen molar-refractivity contribution in [3.8, 4) is 5.75 Å². The Hall–Kier alpha value is -3.02. The molecule has 4 heterocycles. The topological polar surface area (TPSA) is 104 Å². The highest BCUT2D eigenvalue weighted by Crippen LogP contribution is 2.32. The van der Waals surface area contributed by atoms with Crippen molar-refractivity contribution < 1.29 is 23.9 Å². The van der Waals surface area contributed by atoms with E-state index in [1.54, 1.807) is 41.0 Å². The summed E-state index contributed by atoms with van der Waals surface area (Å²) in [6, 6.07) is 4.87. The largest absolute Gasteiger partial charge is 0.490 e. The summed E-state index contributed by atoms with van der Waals surface area (Å²) in [6.07, 6.45) is 1.27. The molecule has 3 amide bonds. The lowest BCUT2D eigenvalue weighted by Crippen LogP contribution is -2.54. The van der Waals surface area contributed by atoms with Gasteiger partial charge in [0, 0.05) is 44.3 Å². The van der Waals surface area contributed by atoms with Crippen LogP contribution in [0.1, 0.15) is 40.1 Å². The van der Waals surface area contributed by atoms with Crippen LogP contribution in [0.5, 0.6) is 5.75 Å². The molecule has 0 saturated carbocycles. The van der Waals surface area contributed by atoms with Gasteiger partial charge in [-0.3, -0.25) is 14.4 Å². The quantitative estimate of drug-likeness (QED) is 0.666. The second-order valence-electron chi connectivity index (χ2n) is 9.60. The van der Waals surface area contributed by atoms with Crippen LogP contribution in [0.4, 0.5) is 5.69 Å². The second kappa shape index (κ2) is 10.5. The lowest BCUT2D eigenvalue weighted by molar-refractivity contribution is -0.144. The molecule has 11 heteroatoms. The zero-order valence-electron chi connectivity index (χ0n) is 20.5. The lowest BCUT2D eigenvalue weighted by Gasteiger charge is -2.42. The summed E-state index contributed by atoms with van der Waals surface area (Å²) < 4.78 is 12.4. The van der Waals surface area contributed by atoms with Crippen molar-refractivity contribution >= 4 is 34.7 Å². The molecule has 10 nitrogen and oxygen atoms in total. The van der Waals surface area contributed by atoms with Crippen LogP contribution in [0.25, 0.3) is 0 Å². The van der Waals surface area contributed by atoms with Gasteiger partial charge in [-0.05, 0) is 38.1 Å². The van der Waals surface area contributed by atoms with Gasteiger partial charge in [-0.15, -0.1) is 11.3 Å². The molecular weight excluding hydrogens is 482 g/mol. The number of carbonyl (C=O) groups is 3. The Bertz CT molecular complexity index is 1120. The Labute approximate surface area is 214 Å². The first-order valence-electron chi connectivity index (χ1n) is 12.2. The van der Waals surface area contributed by atoms with Crippen molar-refractivity contribution in [3.05, 3.63) is 40.3 Å². The molecular formula is C25H31N5O5S. The summed E-state index contributed by atoms with van der Waals surface area (Å²) in [4.78, 5) is 48.5. The predicted octanol–water partition coefficient (Wildman–Crippen LogP) is 1.94. The summed E-state index contributed by atoms with van der Waals surface area (Å²) >= 11 is 1.34.